The zero-order chi connectivity index (χ0) is 15.0. The Morgan fingerprint density at radius 2 is 2.05 bits per heavy atom. The summed E-state index contributed by atoms with van der Waals surface area (Å²) in [5, 5.41) is 0. The van der Waals surface area contributed by atoms with Gasteiger partial charge in [-0.25, -0.2) is 15.8 Å². The molecule has 0 unspecified atom stereocenters. The number of nitrogens with zero attached hydrogens (tertiary/aromatic N) is 2. The smallest absolute Gasteiger partial charge is 0.231 e. The van der Waals surface area contributed by atoms with E-state index in [-0.39, 0.29) is 12.7 Å². The monoisotopic (exact) mass is 350 g/mol. The Hall–Kier alpha value is -1.86. The fourth-order valence-electron chi connectivity index (χ4n) is 2.06. The lowest BCUT2D eigenvalue weighted by Crippen LogP contribution is -2.11. The van der Waals surface area contributed by atoms with Crippen LogP contribution < -0.4 is 20.7 Å². The lowest BCUT2D eigenvalue weighted by molar-refractivity contribution is 0.173. The van der Waals surface area contributed by atoms with E-state index in [0.717, 1.165) is 15.7 Å². The summed E-state index contributed by atoms with van der Waals surface area (Å²) in [6.45, 7) is 4.36. The summed E-state index contributed by atoms with van der Waals surface area (Å²) in [6, 6.07) is 5.62. The molecule has 0 bridgehead atoms. The second-order valence-corrected chi connectivity index (χ2v) is 5.85. The largest absolute Gasteiger partial charge is 0.454 e. The van der Waals surface area contributed by atoms with Crippen molar-refractivity contribution in [3.63, 3.8) is 0 Å². The van der Waals surface area contributed by atoms with E-state index in [1.165, 1.54) is 0 Å². The number of fused-ring (bicyclic) bond motifs is 1. The lowest BCUT2D eigenvalue weighted by Gasteiger charge is -2.11. The molecule has 0 spiro atoms. The van der Waals surface area contributed by atoms with Crippen LogP contribution >= 0.6 is 15.9 Å². The fourth-order valence-corrected chi connectivity index (χ4v) is 2.62. The molecule has 0 amide bonds. The Balaban J connectivity index is 2.12. The van der Waals surface area contributed by atoms with E-state index in [1.807, 2.05) is 18.2 Å². The van der Waals surface area contributed by atoms with Gasteiger partial charge >= 0.3 is 0 Å². The van der Waals surface area contributed by atoms with E-state index >= 15 is 0 Å². The summed E-state index contributed by atoms with van der Waals surface area (Å²) in [5.74, 6) is 8.32. The highest BCUT2D eigenvalue weighted by Crippen LogP contribution is 2.42. The maximum absolute atomic E-state index is 5.49. The summed E-state index contributed by atoms with van der Waals surface area (Å²) < 4.78 is 11.6. The van der Waals surface area contributed by atoms with Crippen molar-refractivity contribution < 1.29 is 9.47 Å². The third-order valence-corrected chi connectivity index (χ3v) is 3.76. The van der Waals surface area contributed by atoms with Gasteiger partial charge in [-0.2, -0.15) is 0 Å². The zero-order valence-electron chi connectivity index (χ0n) is 11.7. The second-order valence-electron chi connectivity index (χ2n) is 4.99. The second kappa shape index (κ2) is 5.50. The highest BCUT2D eigenvalue weighted by Gasteiger charge is 2.20. The average molecular weight is 351 g/mol. The number of halogens is 1. The molecule has 0 radical (unpaired) electrons. The van der Waals surface area contributed by atoms with Crippen LogP contribution in [0.1, 0.15) is 25.5 Å². The molecule has 3 rings (SSSR count). The molecular weight excluding hydrogens is 336 g/mol. The van der Waals surface area contributed by atoms with Crippen LogP contribution in [0.2, 0.25) is 0 Å². The molecule has 21 heavy (non-hydrogen) atoms. The lowest BCUT2D eigenvalue weighted by atomic mass is 10.1. The third kappa shape index (κ3) is 2.66. The highest BCUT2D eigenvalue weighted by molar-refractivity contribution is 9.10. The van der Waals surface area contributed by atoms with E-state index in [1.54, 1.807) is 0 Å². The van der Waals surface area contributed by atoms with Gasteiger partial charge in [-0.3, -0.25) is 0 Å². The molecule has 1 aromatic heterocycles. The van der Waals surface area contributed by atoms with Gasteiger partial charge in [0.2, 0.25) is 6.79 Å². The molecule has 0 atom stereocenters. The topological polar surface area (TPSA) is 82.3 Å². The number of rotatable bonds is 3. The van der Waals surface area contributed by atoms with Crippen LogP contribution in [0, 0.1) is 0 Å². The molecule has 0 saturated carbocycles. The SMILES string of the molecule is CC(C)c1cc(NN)nc(-c2cc(Br)c3c(c2)OCO3)n1. The minimum Gasteiger partial charge on any atom is -0.454 e. The van der Waals surface area contributed by atoms with E-state index in [9.17, 15) is 0 Å². The first-order chi connectivity index (χ1) is 10.1. The molecule has 1 aromatic carbocycles. The quantitative estimate of drug-likeness (QED) is 0.653. The Morgan fingerprint density at radius 3 is 2.76 bits per heavy atom. The molecule has 0 aliphatic carbocycles. The van der Waals surface area contributed by atoms with E-state index in [2.05, 4.69) is 45.2 Å². The van der Waals surface area contributed by atoms with Crippen LogP contribution in [0.15, 0.2) is 22.7 Å². The third-order valence-electron chi connectivity index (χ3n) is 3.17. The summed E-state index contributed by atoms with van der Waals surface area (Å²) in [4.78, 5) is 9.00. The highest BCUT2D eigenvalue weighted by atomic mass is 79.9. The van der Waals surface area contributed by atoms with Crippen LogP contribution in [0.3, 0.4) is 0 Å². The normalized spacial score (nSPS) is 12.8. The van der Waals surface area contributed by atoms with Gasteiger partial charge in [0.25, 0.3) is 0 Å². The Labute approximate surface area is 130 Å². The average Bonchev–Trinajstić information content (AvgIpc) is 2.95. The van der Waals surface area contributed by atoms with E-state index < -0.39 is 0 Å². The first-order valence-corrected chi connectivity index (χ1v) is 7.33. The number of hydrazine groups is 1. The van der Waals surface area contributed by atoms with Crippen molar-refractivity contribution in [1.29, 1.82) is 0 Å². The number of benzene rings is 1. The van der Waals surface area contributed by atoms with Gasteiger partial charge in [-0.15, -0.1) is 0 Å². The van der Waals surface area contributed by atoms with Gasteiger partial charge in [0.15, 0.2) is 17.3 Å². The summed E-state index contributed by atoms with van der Waals surface area (Å²) >= 11 is 3.48. The first-order valence-electron chi connectivity index (χ1n) is 6.53. The Kier molecular flexibility index (Phi) is 3.69. The minimum atomic E-state index is 0.222. The van der Waals surface area contributed by atoms with Crippen LogP contribution in [0.5, 0.6) is 11.5 Å². The number of ether oxygens (including phenoxy) is 2. The van der Waals surface area contributed by atoms with Gasteiger partial charge in [0, 0.05) is 17.3 Å². The van der Waals surface area contributed by atoms with Gasteiger partial charge in [0.05, 0.1) is 4.47 Å². The molecule has 1 aliphatic heterocycles. The van der Waals surface area contributed by atoms with Crippen molar-refractivity contribution >= 4 is 21.7 Å². The maximum Gasteiger partial charge on any atom is 0.231 e. The molecule has 1 aliphatic rings. The minimum absolute atomic E-state index is 0.222. The predicted molar refractivity (Wildman–Crippen MR) is 83.2 cm³/mol. The van der Waals surface area contributed by atoms with Crippen LogP contribution in [-0.4, -0.2) is 16.8 Å². The van der Waals surface area contributed by atoms with Gasteiger partial charge in [-0.05, 0) is 34.0 Å². The Morgan fingerprint density at radius 1 is 1.24 bits per heavy atom. The van der Waals surface area contributed by atoms with E-state index in [4.69, 9.17) is 15.3 Å². The Bertz CT molecular complexity index is 691. The van der Waals surface area contributed by atoms with Gasteiger partial charge < -0.3 is 14.9 Å². The fraction of sp³-hybridized carbons (Fsp3) is 0.286. The summed E-state index contributed by atoms with van der Waals surface area (Å²) in [5.41, 5.74) is 4.34. The first kappa shape index (κ1) is 14.1. The molecule has 7 heteroatoms. The number of nitrogens with one attached hydrogen (secondary N) is 1. The van der Waals surface area contributed by atoms with Gasteiger partial charge in [0.1, 0.15) is 5.82 Å². The molecule has 2 aromatic rings. The van der Waals surface area contributed by atoms with Crippen molar-refractivity contribution in [2.24, 2.45) is 5.84 Å². The molecule has 3 N–H and O–H groups in total. The summed E-state index contributed by atoms with van der Waals surface area (Å²) in [6.07, 6.45) is 0. The van der Waals surface area contributed by atoms with E-state index in [0.29, 0.717) is 23.1 Å². The van der Waals surface area contributed by atoms with Crippen molar-refractivity contribution in [2.45, 2.75) is 19.8 Å². The number of anilines is 1. The van der Waals surface area contributed by atoms with Crippen molar-refractivity contribution in [2.75, 3.05) is 12.2 Å². The summed E-state index contributed by atoms with van der Waals surface area (Å²) in [7, 11) is 0. The molecule has 6 nitrogen and oxygen atoms in total. The number of aromatic nitrogens is 2. The number of nitrogen functional groups attached to an aromatic ring is 1. The standard InChI is InChI=1S/C14H15BrN4O2/c1-7(2)10-5-12(19-16)18-14(17-10)8-3-9(15)13-11(4-8)20-6-21-13/h3-5,7H,6,16H2,1-2H3,(H,17,18,19). The van der Waals surface area contributed by atoms with Crippen molar-refractivity contribution in [1.82, 2.24) is 9.97 Å². The number of nitrogens with two attached hydrogens (primary N) is 1. The molecule has 0 saturated heterocycles. The maximum atomic E-state index is 5.49. The number of hydrogen-bond donors (Lipinski definition) is 2. The van der Waals surface area contributed by atoms with Gasteiger partial charge in [-0.1, -0.05) is 13.8 Å². The molecule has 110 valence electrons. The molecule has 2 heterocycles. The molecular formula is C14H15BrN4O2. The van der Waals surface area contributed by atoms with Crippen molar-refractivity contribution in [3.8, 4) is 22.9 Å². The van der Waals surface area contributed by atoms with Crippen LogP contribution in [-0.2, 0) is 0 Å². The number of hydrogen-bond acceptors (Lipinski definition) is 6. The predicted octanol–water partition coefficient (Wildman–Crippen LogP) is 3.04. The zero-order valence-corrected chi connectivity index (χ0v) is 13.3. The van der Waals surface area contributed by atoms with Crippen LogP contribution in [0.25, 0.3) is 11.4 Å². The van der Waals surface area contributed by atoms with Crippen molar-refractivity contribution in [3.05, 3.63) is 28.4 Å². The molecule has 0 fully saturated rings. The van der Waals surface area contributed by atoms with Crippen LogP contribution in [0.4, 0.5) is 5.82 Å².